The van der Waals surface area contributed by atoms with E-state index in [1.54, 1.807) is 41.0 Å². The number of halogens is 1. The second kappa shape index (κ2) is 12.3. The Morgan fingerprint density at radius 1 is 0.955 bits per heavy atom. The van der Waals surface area contributed by atoms with E-state index in [0.29, 0.717) is 48.6 Å². The molecule has 44 heavy (non-hydrogen) atoms. The zero-order valence-corrected chi connectivity index (χ0v) is 23.9. The van der Waals surface area contributed by atoms with E-state index in [9.17, 15) is 24.3 Å². The number of nitrogens with one attached hydrogen (secondary N) is 1. The molecule has 0 bridgehead atoms. The molecule has 1 amide bonds. The first-order valence-electron chi connectivity index (χ1n) is 14.5. The molecule has 3 aromatic carbocycles. The number of pyridine rings is 1. The number of benzene rings is 3. The lowest BCUT2D eigenvalue weighted by Crippen LogP contribution is -2.49. The molecule has 2 heterocycles. The average molecular weight is 595 g/mol. The largest absolute Gasteiger partial charge is 0.477 e. The number of anilines is 2. The highest BCUT2D eigenvalue weighted by atomic mass is 19.1. The number of ketones is 1. The molecule has 10 heteroatoms. The van der Waals surface area contributed by atoms with E-state index in [4.69, 9.17) is 0 Å². The molecule has 0 atom stereocenters. The fourth-order valence-corrected chi connectivity index (χ4v) is 5.51. The van der Waals surface area contributed by atoms with E-state index in [1.165, 1.54) is 12.3 Å². The van der Waals surface area contributed by atoms with Crippen molar-refractivity contribution in [1.29, 1.82) is 0 Å². The highest BCUT2D eigenvalue weighted by Gasteiger charge is 2.28. The third-order valence-corrected chi connectivity index (χ3v) is 8.03. The van der Waals surface area contributed by atoms with Crippen LogP contribution in [0.1, 0.15) is 45.2 Å². The SMILES string of the molecule is O=C(CN1CCN(c2cc3c(cc2F)c(=O)c(C(=O)O)cn3C2CC2)CC1)Nc1ccc(C(=O)/C=C/c2ccccc2)cc1. The first-order valence-corrected chi connectivity index (χ1v) is 14.5. The van der Waals surface area contributed by atoms with Crippen molar-refractivity contribution < 1.29 is 23.9 Å². The first-order chi connectivity index (χ1) is 21.3. The Balaban J connectivity index is 1.06. The van der Waals surface area contributed by atoms with Crippen LogP contribution in [0.25, 0.3) is 17.0 Å². The van der Waals surface area contributed by atoms with Crippen molar-refractivity contribution in [3.63, 3.8) is 0 Å². The number of carboxylic acid groups (broad SMARTS) is 1. The highest BCUT2D eigenvalue weighted by Crippen LogP contribution is 2.38. The molecular formula is C34H31FN4O5. The normalized spacial score (nSPS) is 15.5. The summed E-state index contributed by atoms with van der Waals surface area (Å²) >= 11 is 0. The Morgan fingerprint density at radius 3 is 2.32 bits per heavy atom. The van der Waals surface area contributed by atoms with Crippen LogP contribution >= 0.6 is 0 Å². The van der Waals surface area contributed by atoms with Gasteiger partial charge in [-0.1, -0.05) is 36.4 Å². The average Bonchev–Trinajstić information content (AvgIpc) is 3.87. The van der Waals surface area contributed by atoms with Gasteiger partial charge in [-0.05, 0) is 60.9 Å². The minimum Gasteiger partial charge on any atom is -0.477 e. The monoisotopic (exact) mass is 594 g/mol. The maximum Gasteiger partial charge on any atom is 0.341 e. The van der Waals surface area contributed by atoms with Crippen LogP contribution in [0.2, 0.25) is 0 Å². The summed E-state index contributed by atoms with van der Waals surface area (Å²) in [6, 6.07) is 19.2. The van der Waals surface area contributed by atoms with Gasteiger partial charge >= 0.3 is 5.97 Å². The Hall–Kier alpha value is -5.09. The molecule has 6 rings (SSSR count). The van der Waals surface area contributed by atoms with E-state index in [0.717, 1.165) is 24.5 Å². The van der Waals surface area contributed by atoms with E-state index in [1.807, 2.05) is 40.1 Å². The molecule has 1 aromatic heterocycles. The summed E-state index contributed by atoms with van der Waals surface area (Å²) in [6.45, 7) is 2.17. The predicted octanol–water partition coefficient (Wildman–Crippen LogP) is 4.83. The number of rotatable bonds is 9. The van der Waals surface area contributed by atoms with Gasteiger partial charge in [-0.2, -0.15) is 0 Å². The maximum atomic E-state index is 15.3. The van der Waals surface area contributed by atoms with Gasteiger partial charge in [0.2, 0.25) is 11.3 Å². The van der Waals surface area contributed by atoms with E-state index >= 15 is 4.39 Å². The van der Waals surface area contributed by atoms with Gasteiger partial charge in [0.05, 0.1) is 17.7 Å². The van der Waals surface area contributed by atoms with Gasteiger partial charge in [-0.25, -0.2) is 9.18 Å². The summed E-state index contributed by atoms with van der Waals surface area (Å²) in [7, 11) is 0. The minimum absolute atomic E-state index is 0.0643. The Labute approximate surface area is 252 Å². The number of aromatic nitrogens is 1. The van der Waals surface area contributed by atoms with Crippen LogP contribution in [0.5, 0.6) is 0 Å². The molecule has 0 unspecified atom stereocenters. The van der Waals surface area contributed by atoms with E-state index < -0.39 is 17.2 Å². The van der Waals surface area contributed by atoms with Gasteiger partial charge in [0.25, 0.3) is 0 Å². The number of allylic oxidation sites excluding steroid dienone is 1. The third kappa shape index (κ3) is 6.30. The van der Waals surface area contributed by atoms with Crippen LogP contribution < -0.4 is 15.6 Å². The molecule has 1 saturated heterocycles. The number of nitrogens with zero attached hydrogens (tertiary/aromatic N) is 3. The molecule has 9 nitrogen and oxygen atoms in total. The van der Waals surface area contributed by atoms with Gasteiger partial charge in [0.15, 0.2) is 5.78 Å². The van der Waals surface area contributed by atoms with Crippen molar-refractivity contribution >= 4 is 46.0 Å². The van der Waals surface area contributed by atoms with Crippen LogP contribution in [-0.4, -0.2) is 65.0 Å². The number of carbonyl (C=O) groups excluding carboxylic acids is 2. The Bertz CT molecular complexity index is 1820. The summed E-state index contributed by atoms with van der Waals surface area (Å²) in [5.74, 6) is -2.23. The van der Waals surface area contributed by atoms with Gasteiger partial charge in [-0.3, -0.25) is 19.3 Å². The van der Waals surface area contributed by atoms with Crippen LogP contribution in [0.15, 0.2) is 83.8 Å². The molecule has 2 aliphatic rings. The number of carboxylic acids is 1. The molecule has 2 N–H and O–H groups in total. The Morgan fingerprint density at radius 2 is 1.66 bits per heavy atom. The molecule has 0 spiro atoms. The molecule has 4 aromatic rings. The highest BCUT2D eigenvalue weighted by molar-refractivity contribution is 6.07. The number of piperazine rings is 1. The quantitative estimate of drug-likeness (QED) is 0.211. The molecule has 0 radical (unpaired) electrons. The predicted molar refractivity (Wildman–Crippen MR) is 167 cm³/mol. The van der Waals surface area contributed by atoms with Crippen LogP contribution in [0.3, 0.4) is 0 Å². The van der Waals surface area contributed by atoms with Crippen LogP contribution in [0, 0.1) is 5.82 Å². The zero-order valence-electron chi connectivity index (χ0n) is 23.9. The summed E-state index contributed by atoms with van der Waals surface area (Å²) in [5.41, 5.74) is 1.87. The van der Waals surface area contributed by atoms with Crippen molar-refractivity contribution in [3.8, 4) is 0 Å². The lowest BCUT2D eigenvalue weighted by molar-refractivity contribution is -0.117. The second-order valence-electron chi connectivity index (χ2n) is 11.1. The van der Waals surface area contributed by atoms with Crippen molar-refractivity contribution in [1.82, 2.24) is 9.47 Å². The lowest BCUT2D eigenvalue weighted by atomic mass is 10.1. The summed E-state index contributed by atoms with van der Waals surface area (Å²) in [4.78, 5) is 53.5. The summed E-state index contributed by atoms with van der Waals surface area (Å²) < 4.78 is 17.1. The molecule has 1 saturated carbocycles. The number of carbonyl (C=O) groups is 3. The molecule has 224 valence electrons. The number of amides is 1. The number of hydrogen-bond donors (Lipinski definition) is 2. The van der Waals surface area contributed by atoms with Gasteiger partial charge in [0, 0.05) is 55.1 Å². The van der Waals surface area contributed by atoms with Crippen molar-refractivity contribution in [3.05, 3.63) is 112 Å². The lowest BCUT2D eigenvalue weighted by Gasteiger charge is -2.36. The fourth-order valence-electron chi connectivity index (χ4n) is 5.51. The topological polar surface area (TPSA) is 112 Å². The number of fused-ring (bicyclic) bond motifs is 1. The number of hydrogen-bond acceptors (Lipinski definition) is 6. The zero-order chi connectivity index (χ0) is 30.8. The molecule has 1 aliphatic heterocycles. The van der Waals surface area contributed by atoms with Crippen molar-refractivity contribution in [2.24, 2.45) is 0 Å². The van der Waals surface area contributed by atoms with Crippen molar-refractivity contribution in [2.45, 2.75) is 18.9 Å². The number of aromatic carboxylic acids is 1. The molecular weight excluding hydrogens is 563 g/mol. The van der Waals surface area contributed by atoms with E-state index in [2.05, 4.69) is 5.32 Å². The second-order valence-corrected chi connectivity index (χ2v) is 11.1. The third-order valence-electron chi connectivity index (χ3n) is 8.03. The fraction of sp³-hybridized carbons (Fsp3) is 0.235. The van der Waals surface area contributed by atoms with Gasteiger partial charge < -0.3 is 19.9 Å². The minimum atomic E-state index is -1.32. The van der Waals surface area contributed by atoms with Gasteiger partial charge in [-0.15, -0.1) is 0 Å². The van der Waals surface area contributed by atoms with Gasteiger partial charge in [0.1, 0.15) is 11.4 Å². The first kappa shape index (κ1) is 29.0. The van der Waals surface area contributed by atoms with E-state index in [-0.39, 0.29) is 35.2 Å². The summed E-state index contributed by atoms with van der Waals surface area (Å²) in [5, 5.41) is 12.4. The van der Waals surface area contributed by atoms with Crippen molar-refractivity contribution in [2.75, 3.05) is 42.9 Å². The standard InChI is InChI=1S/C34H31FN4O5/c35-28-18-26-29(39(25-11-12-25)20-27(33(26)42)34(43)44)19-30(28)38-16-14-37(15-17-38)21-32(41)36-24-9-7-23(8-10-24)31(40)13-6-22-4-2-1-3-5-22/h1-10,13,18-20,25H,11-12,14-17,21H2,(H,36,41)(H,43,44)/b13-6+. The smallest absolute Gasteiger partial charge is 0.341 e. The summed E-state index contributed by atoms with van der Waals surface area (Å²) in [6.07, 6.45) is 6.40. The van der Waals surface area contributed by atoms with Crippen LogP contribution in [0.4, 0.5) is 15.8 Å². The molecule has 1 aliphatic carbocycles. The van der Waals surface area contributed by atoms with Crippen LogP contribution in [-0.2, 0) is 4.79 Å². The maximum absolute atomic E-state index is 15.3. The Kier molecular flexibility index (Phi) is 8.08. The molecule has 2 fully saturated rings.